The predicted molar refractivity (Wildman–Crippen MR) is 98.8 cm³/mol. The van der Waals surface area contributed by atoms with E-state index in [1.807, 2.05) is 30.3 Å². The molecule has 0 bridgehead atoms. The molecular weight excluding hydrogens is 332 g/mol. The highest BCUT2D eigenvalue weighted by Crippen LogP contribution is 2.15. The van der Waals surface area contributed by atoms with Crippen molar-refractivity contribution in [2.45, 2.75) is 19.8 Å². The number of hydrogen-bond acceptors (Lipinski definition) is 4. The summed E-state index contributed by atoms with van der Waals surface area (Å²) < 4.78 is 4.79. The van der Waals surface area contributed by atoms with Crippen molar-refractivity contribution in [1.82, 2.24) is 5.32 Å². The van der Waals surface area contributed by atoms with Gasteiger partial charge in [-0.3, -0.25) is 14.4 Å². The molecule has 2 amide bonds. The van der Waals surface area contributed by atoms with Gasteiger partial charge in [0.15, 0.2) is 6.61 Å². The third-order valence-corrected chi connectivity index (χ3v) is 3.64. The minimum Gasteiger partial charge on any atom is -0.456 e. The zero-order chi connectivity index (χ0) is 18.8. The van der Waals surface area contributed by atoms with Gasteiger partial charge in [-0.15, -0.1) is 0 Å². The van der Waals surface area contributed by atoms with Gasteiger partial charge in [-0.1, -0.05) is 49.4 Å². The normalized spacial score (nSPS) is 10.0. The third-order valence-electron chi connectivity index (χ3n) is 3.64. The van der Waals surface area contributed by atoms with Gasteiger partial charge < -0.3 is 15.4 Å². The highest BCUT2D eigenvalue weighted by molar-refractivity contribution is 6.04. The monoisotopic (exact) mass is 354 g/mol. The van der Waals surface area contributed by atoms with Crippen molar-refractivity contribution in [3.05, 3.63) is 65.7 Å². The molecular formula is C20H22N2O4. The van der Waals surface area contributed by atoms with Crippen LogP contribution in [0.15, 0.2) is 54.6 Å². The number of amides is 2. The molecule has 6 nitrogen and oxygen atoms in total. The van der Waals surface area contributed by atoms with Gasteiger partial charge >= 0.3 is 5.97 Å². The predicted octanol–water partition coefficient (Wildman–Crippen LogP) is 2.55. The van der Waals surface area contributed by atoms with Gasteiger partial charge in [0.25, 0.3) is 11.8 Å². The van der Waals surface area contributed by atoms with Crippen molar-refractivity contribution in [2.75, 3.05) is 18.5 Å². The van der Waals surface area contributed by atoms with Crippen LogP contribution < -0.4 is 10.6 Å². The van der Waals surface area contributed by atoms with E-state index >= 15 is 0 Å². The number of carbonyl (C=O) groups excluding carboxylic acids is 3. The first-order valence-electron chi connectivity index (χ1n) is 8.46. The van der Waals surface area contributed by atoms with Crippen molar-refractivity contribution < 1.29 is 19.1 Å². The molecule has 0 spiro atoms. The highest BCUT2D eigenvalue weighted by Gasteiger charge is 2.13. The standard InChI is InChI=1S/C20H22N2O4/c1-2-19(24)26-14-18(23)22-17-11-7-6-10-16(17)20(25)21-13-12-15-8-4-3-5-9-15/h3-11H,2,12-14H2,1H3,(H,21,25)(H,22,23). The molecule has 0 saturated carbocycles. The summed E-state index contributed by atoms with van der Waals surface area (Å²) >= 11 is 0. The number of carbonyl (C=O) groups is 3. The maximum atomic E-state index is 12.4. The molecule has 0 atom stereocenters. The number of anilines is 1. The molecule has 0 heterocycles. The van der Waals surface area contributed by atoms with Gasteiger partial charge in [-0.2, -0.15) is 0 Å². The molecule has 6 heteroatoms. The lowest BCUT2D eigenvalue weighted by molar-refractivity contribution is -0.146. The Morgan fingerprint density at radius 3 is 2.38 bits per heavy atom. The molecule has 2 N–H and O–H groups in total. The van der Waals surface area contributed by atoms with E-state index in [1.165, 1.54) is 0 Å². The second-order valence-corrected chi connectivity index (χ2v) is 5.60. The SMILES string of the molecule is CCC(=O)OCC(=O)Nc1ccccc1C(=O)NCCc1ccccc1. The number of benzene rings is 2. The summed E-state index contributed by atoms with van der Waals surface area (Å²) in [5, 5.41) is 5.45. The van der Waals surface area contributed by atoms with E-state index in [9.17, 15) is 14.4 Å². The molecule has 26 heavy (non-hydrogen) atoms. The molecule has 0 aliphatic rings. The summed E-state index contributed by atoms with van der Waals surface area (Å²) in [5.74, 6) is -1.22. The number of rotatable bonds is 8. The summed E-state index contributed by atoms with van der Waals surface area (Å²) in [6.45, 7) is 1.76. The summed E-state index contributed by atoms with van der Waals surface area (Å²) in [5.41, 5.74) is 1.87. The molecule has 2 aromatic carbocycles. The fourth-order valence-corrected chi connectivity index (χ4v) is 2.28. The van der Waals surface area contributed by atoms with E-state index in [0.29, 0.717) is 24.2 Å². The first-order chi connectivity index (χ1) is 12.6. The summed E-state index contributed by atoms with van der Waals surface area (Å²) in [7, 11) is 0. The van der Waals surface area contributed by atoms with Crippen molar-refractivity contribution in [1.29, 1.82) is 0 Å². The molecule has 0 unspecified atom stereocenters. The van der Waals surface area contributed by atoms with E-state index in [1.54, 1.807) is 31.2 Å². The largest absolute Gasteiger partial charge is 0.456 e. The Morgan fingerprint density at radius 2 is 1.65 bits per heavy atom. The van der Waals surface area contributed by atoms with Crippen LogP contribution in [0.25, 0.3) is 0 Å². The van der Waals surface area contributed by atoms with Crippen molar-refractivity contribution in [3.63, 3.8) is 0 Å². The Hall–Kier alpha value is -3.15. The summed E-state index contributed by atoms with van der Waals surface area (Å²) in [6.07, 6.45) is 0.918. The molecule has 0 fully saturated rings. The Labute approximate surface area is 152 Å². The van der Waals surface area contributed by atoms with Crippen LogP contribution in [-0.4, -0.2) is 30.9 Å². The fraction of sp³-hybridized carbons (Fsp3) is 0.250. The van der Waals surface area contributed by atoms with E-state index in [2.05, 4.69) is 10.6 Å². The van der Waals surface area contributed by atoms with Crippen LogP contribution in [0.3, 0.4) is 0 Å². The molecule has 0 aliphatic heterocycles. The van der Waals surface area contributed by atoms with Crippen LogP contribution in [-0.2, 0) is 20.7 Å². The Kier molecular flexibility index (Phi) is 7.36. The van der Waals surface area contributed by atoms with Gasteiger partial charge in [0, 0.05) is 13.0 Å². The Bertz CT molecular complexity index is 759. The third kappa shape index (κ3) is 6.05. The topological polar surface area (TPSA) is 84.5 Å². The lowest BCUT2D eigenvalue weighted by atomic mass is 10.1. The fourth-order valence-electron chi connectivity index (χ4n) is 2.28. The van der Waals surface area contributed by atoms with Crippen LogP contribution in [0.1, 0.15) is 29.3 Å². The molecule has 0 saturated heterocycles. The molecule has 0 aromatic heterocycles. The second kappa shape index (κ2) is 9.98. The van der Waals surface area contributed by atoms with Crippen LogP contribution in [0, 0.1) is 0 Å². The maximum absolute atomic E-state index is 12.4. The lowest BCUT2D eigenvalue weighted by Crippen LogP contribution is -2.28. The molecule has 2 aromatic rings. The van der Waals surface area contributed by atoms with Crippen LogP contribution in [0.4, 0.5) is 5.69 Å². The molecule has 0 radical (unpaired) electrons. The van der Waals surface area contributed by atoms with Crippen LogP contribution in [0.5, 0.6) is 0 Å². The van der Waals surface area contributed by atoms with Gasteiger partial charge in [-0.05, 0) is 24.1 Å². The highest BCUT2D eigenvalue weighted by atomic mass is 16.5. The zero-order valence-corrected chi connectivity index (χ0v) is 14.7. The number of ether oxygens (including phenoxy) is 1. The zero-order valence-electron chi connectivity index (χ0n) is 14.7. The number of para-hydroxylation sites is 1. The van der Waals surface area contributed by atoms with Crippen molar-refractivity contribution in [3.8, 4) is 0 Å². The van der Waals surface area contributed by atoms with E-state index in [-0.39, 0.29) is 18.9 Å². The minimum atomic E-state index is -0.490. The smallest absolute Gasteiger partial charge is 0.306 e. The maximum Gasteiger partial charge on any atom is 0.306 e. The Balaban J connectivity index is 1.91. The number of hydrogen-bond donors (Lipinski definition) is 2. The second-order valence-electron chi connectivity index (χ2n) is 5.60. The van der Waals surface area contributed by atoms with E-state index in [0.717, 1.165) is 5.56 Å². The van der Waals surface area contributed by atoms with Gasteiger partial charge in [0.2, 0.25) is 0 Å². The Morgan fingerprint density at radius 1 is 0.962 bits per heavy atom. The first kappa shape index (κ1) is 19.2. The average molecular weight is 354 g/mol. The summed E-state index contributed by atoms with van der Waals surface area (Å²) in [6, 6.07) is 16.5. The summed E-state index contributed by atoms with van der Waals surface area (Å²) in [4.78, 5) is 35.4. The van der Waals surface area contributed by atoms with Gasteiger partial charge in [0.1, 0.15) is 0 Å². The van der Waals surface area contributed by atoms with Crippen LogP contribution >= 0.6 is 0 Å². The first-order valence-corrected chi connectivity index (χ1v) is 8.46. The van der Waals surface area contributed by atoms with Gasteiger partial charge in [0.05, 0.1) is 11.3 Å². The molecule has 2 rings (SSSR count). The lowest BCUT2D eigenvalue weighted by Gasteiger charge is -2.11. The average Bonchev–Trinajstić information content (AvgIpc) is 2.67. The van der Waals surface area contributed by atoms with E-state index in [4.69, 9.17) is 4.74 Å². The van der Waals surface area contributed by atoms with Crippen molar-refractivity contribution in [2.24, 2.45) is 0 Å². The number of nitrogens with one attached hydrogen (secondary N) is 2. The number of esters is 1. The molecule has 136 valence electrons. The minimum absolute atomic E-state index is 0.202. The van der Waals surface area contributed by atoms with E-state index < -0.39 is 11.9 Å². The van der Waals surface area contributed by atoms with Crippen LogP contribution in [0.2, 0.25) is 0 Å². The molecule has 0 aliphatic carbocycles. The quantitative estimate of drug-likeness (QED) is 0.714. The van der Waals surface area contributed by atoms with Gasteiger partial charge in [-0.25, -0.2) is 0 Å². The van der Waals surface area contributed by atoms with Crippen molar-refractivity contribution >= 4 is 23.5 Å².